The van der Waals surface area contributed by atoms with Crippen LogP contribution < -0.4 is 10.5 Å². The quantitative estimate of drug-likeness (QED) is 0.761. The summed E-state index contributed by atoms with van der Waals surface area (Å²) < 4.78 is 17.1. The van der Waals surface area contributed by atoms with Gasteiger partial charge >= 0.3 is 0 Å². The summed E-state index contributed by atoms with van der Waals surface area (Å²) in [6.07, 6.45) is 1.01. The average Bonchev–Trinajstić information content (AvgIpc) is 2.29. The number of ether oxygens (including phenoxy) is 1. The van der Waals surface area contributed by atoms with E-state index in [0.29, 0.717) is 18.3 Å². The van der Waals surface area contributed by atoms with Gasteiger partial charge in [0.2, 0.25) is 0 Å². The molecule has 0 fully saturated rings. The van der Waals surface area contributed by atoms with Crippen molar-refractivity contribution in [3.8, 4) is 5.75 Å². The Kier molecular flexibility index (Phi) is 6.05. The number of anilines is 1. The number of benzene rings is 1. The second kappa shape index (κ2) is 7.33. The third kappa shape index (κ3) is 6.31. The van der Waals surface area contributed by atoms with Crippen LogP contribution in [0.5, 0.6) is 5.75 Å². The zero-order chi connectivity index (χ0) is 12.7. The lowest BCUT2D eigenvalue weighted by Crippen LogP contribution is -2.12. The first-order chi connectivity index (χ1) is 8.08. The average molecular weight is 255 g/mol. The molecule has 2 N–H and O–H groups in total. The molecule has 0 aliphatic carbocycles. The molecule has 0 aliphatic heterocycles. The predicted molar refractivity (Wildman–Crippen MR) is 73.7 cm³/mol. The van der Waals surface area contributed by atoms with E-state index in [2.05, 4.69) is 13.8 Å². The molecular weight excluding hydrogens is 234 g/mol. The molecule has 0 heterocycles. The van der Waals surface area contributed by atoms with Gasteiger partial charge < -0.3 is 10.5 Å². The highest BCUT2D eigenvalue weighted by atomic mass is 32.2. The molecule has 1 aromatic rings. The summed E-state index contributed by atoms with van der Waals surface area (Å²) in [5.41, 5.74) is 6.29. The predicted octanol–water partition coefficient (Wildman–Crippen LogP) is 2.44. The molecule has 0 bridgehead atoms. The summed E-state index contributed by atoms with van der Waals surface area (Å²) >= 11 is 0. The van der Waals surface area contributed by atoms with Gasteiger partial charge in [-0.1, -0.05) is 13.8 Å². The Balaban J connectivity index is 2.19. The molecule has 0 aliphatic rings. The maximum atomic E-state index is 11.6. The van der Waals surface area contributed by atoms with Gasteiger partial charge in [-0.2, -0.15) is 0 Å². The van der Waals surface area contributed by atoms with Crippen LogP contribution in [0.25, 0.3) is 0 Å². The van der Waals surface area contributed by atoms with Crippen molar-refractivity contribution in [3.63, 3.8) is 0 Å². The monoisotopic (exact) mass is 255 g/mol. The van der Waals surface area contributed by atoms with Crippen LogP contribution in [0.3, 0.4) is 0 Å². The van der Waals surface area contributed by atoms with Crippen LogP contribution in [0.4, 0.5) is 5.69 Å². The highest BCUT2D eigenvalue weighted by Gasteiger charge is 2.02. The standard InChI is InChI=1S/C13H21NO2S/c1-11(2)7-9-17(15)10-8-16-13-5-3-12(14)4-6-13/h3-6,11H,7-10,14H2,1-2H3. The van der Waals surface area contributed by atoms with Crippen LogP contribution in [0.15, 0.2) is 24.3 Å². The third-order valence-electron chi connectivity index (χ3n) is 2.38. The maximum absolute atomic E-state index is 11.6. The van der Waals surface area contributed by atoms with E-state index < -0.39 is 10.8 Å². The lowest BCUT2D eigenvalue weighted by molar-refractivity contribution is 0.342. The molecule has 0 saturated heterocycles. The Morgan fingerprint density at radius 3 is 2.47 bits per heavy atom. The molecule has 1 rings (SSSR count). The fraction of sp³-hybridized carbons (Fsp3) is 0.538. The summed E-state index contributed by atoms with van der Waals surface area (Å²) in [5.74, 6) is 2.75. The van der Waals surface area contributed by atoms with E-state index in [-0.39, 0.29) is 0 Å². The van der Waals surface area contributed by atoms with Crippen LogP contribution in [0.1, 0.15) is 20.3 Å². The first-order valence-electron chi connectivity index (χ1n) is 5.91. The Morgan fingerprint density at radius 2 is 1.88 bits per heavy atom. The molecule has 0 saturated carbocycles. The molecule has 0 amide bonds. The van der Waals surface area contributed by atoms with E-state index >= 15 is 0 Å². The highest BCUT2D eigenvalue weighted by molar-refractivity contribution is 7.84. The first-order valence-corrected chi connectivity index (χ1v) is 7.40. The summed E-state index contributed by atoms with van der Waals surface area (Å²) in [5, 5.41) is 0. The zero-order valence-electron chi connectivity index (χ0n) is 10.5. The molecule has 17 heavy (non-hydrogen) atoms. The van der Waals surface area contributed by atoms with Crippen molar-refractivity contribution in [1.82, 2.24) is 0 Å². The van der Waals surface area contributed by atoms with Crippen molar-refractivity contribution < 1.29 is 8.95 Å². The molecule has 96 valence electrons. The summed E-state index contributed by atoms with van der Waals surface area (Å²) in [6, 6.07) is 7.24. The Bertz CT molecular complexity index is 349. The van der Waals surface area contributed by atoms with E-state index in [1.807, 2.05) is 12.1 Å². The fourth-order valence-corrected chi connectivity index (χ4v) is 2.49. The van der Waals surface area contributed by atoms with Gasteiger partial charge in [0.05, 0.1) is 12.4 Å². The van der Waals surface area contributed by atoms with Crippen LogP contribution in [-0.2, 0) is 10.8 Å². The molecule has 1 atom stereocenters. The number of hydrogen-bond acceptors (Lipinski definition) is 3. The molecule has 3 nitrogen and oxygen atoms in total. The van der Waals surface area contributed by atoms with Crippen molar-refractivity contribution in [2.75, 3.05) is 23.8 Å². The van der Waals surface area contributed by atoms with Crippen LogP contribution in [-0.4, -0.2) is 22.3 Å². The second-order valence-electron chi connectivity index (χ2n) is 4.45. The Hall–Kier alpha value is -1.03. The van der Waals surface area contributed by atoms with Gasteiger partial charge in [0, 0.05) is 22.2 Å². The normalized spacial score (nSPS) is 12.6. The molecule has 4 heteroatoms. The maximum Gasteiger partial charge on any atom is 0.119 e. The van der Waals surface area contributed by atoms with Crippen molar-refractivity contribution in [2.45, 2.75) is 20.3 Å². The Morgan fingerprint density at radius 1 is 1.24 bits per heavy atom. The highest BCUT2D eigenvalue weighted by Crippen LogP contribution is 2.12. The van der Waals surface area contributed by atoms with Crippen molar-refractivity contribution in [1.29, 1.82) is 0 Å². The van der Waals surface area contributed by atoms with E-state index in [9.17, 15) is 4.21 Å². The molecule has 0 spiro atoms. The van der Waals surface area contributed by atoms with E-state index in [0.717, 1.165) is 23.6 Å². The van der Waals surface area contributed by atoms with Gasteiger partial charge in [-0.3, -0.25) is 4.21 Å². The summed E-state index contributed by atoms with van der Waals surface area (Å²) in [4.78, 5) is 0. The third-order valence-corrected chi connectivity index (χ3v) is 3.70. The summed E-state index contributed by atoms with van der Waals surface area (Å²) in [6.45, 7) is 4.78. The van der Waals surface area contributed by atoms with E-state index in [4.69, 9.17) is 10.5 Å². The van der Waals surface area contributed by atoms with Crippen LogP contribution in [0, 0.1) is 5.92 Å². The van der Waals surface area contributed by atoms with Gasteiger partial charge in [-0.05, 0) is 36.6 Å². The number of hydrogen-bond donors (Lipinski definition) is 1. The van der Waals surface area contributed by atoms with Crippen LogP contribution in [0.2, 0.25) is 0 Å². The molecule has 1 unspecified atom stereocenters. The minimum atomic E-state index is -0.768. The lowest BCUT2D eigenvalue weighted by atomic mass is 10.2. The molecular formula is C13H21NO2S. The van der Waals surface area contributed by atoms with Gasteiger partial charge in [0.1, 0.15) is 5.75 Å². The molecule has 0 radical (unpaired) electrons. The SMILES string of the molecule is CC(C)CCS(=O)CCOc1ccc(N)cc1. The first kappa shape index (κ1) is 14.0. The second-order valence-corrected chi connectivity index (χ2v) is 6.14. The van der Waals surface area contributed by atoms with Crippen LogP contribution >= 0.6 is 0 Å². The zero-order valence-corrected chi connectivity index (χ0v) is 11.3. The van der Waals surface area contributed by atoms with Gasteiger partial charge in [0.25, 0.3) is 0 Å². The number of nitrogens with two attached hydrogens (primary N) is 1. The topological polar surface area (TPSA) is 52.3 Å². The van der Waals surface area contributed by atoms with Gasteiger partial charge in [-0.25, -0.2) is 0 Å². The number of nitrogen functional groups attached to an aromatic ring is 1. The molecule has 1 aromatic carbocycles. The smallest absolute Gasteiger partial charge is 0.119 e. The van der Waals surface area contributed by atoms with Crippen molar-refractivity contribution >= 4 is 16.5 Å². The van der Waals surface area contributed by atoms with Gasteiger partial charge in [-0.15, -0.1) is 0 Å². The van der Waals surface area contributed by atoms with E-state index in [1.54, 1.807) is 12.1 Å². The van der Waals surface area contributed by atoms with E-state index in [1.165, 1.54) is 0 Å². The van der Waals surface area contributed by atoms with Crippen molar-refractivity contribution in [2.24, 2.45) is 5.92 Å². The van der Waals surface area contributed by atoms with Crippen molar-refractivity contribution in [3.05, 3.63) is 24.3 Å². The number of rotatable bonds is 7. The lowest BCUT2D eigenvalue weighted by Gasteiger charge is -2.07. The fourth-order valence-electron chi connectivity index (χ4n) is 1.29. The minimum Gasteiger partial charge on any atom is -0.493 e. The summed E-state index contributed by atoms with van der Waals surface area (Å²) in [7, 11) is -0.768. The molecule has 0 aromatic heterocycles. The Labute approximate surface area is 106 Å². The minimum absolute atomic E-state index is 0.495. The van der Waals surface area contributed by atoms with Gasteiger partial charge in [0.15, 0.2) is 0 Å². The largest absolute Gasteiger partial charge is 0.493 e.